The largest absolute Gasteiger partial charge is 0.481 e. The molecule has 1 aromatic rings. The van der Waals surface area contributed by atoms with Crippen LogP contribution in [0.2, 0.25) is 0 Å². The van der Waals surface area contributed by atoms with Gasteiger partial charge in [0.15, 0.2) is 0 Å². The molecule has 16 heavy (non-hydrogen) atoms. The SMILES string of the molecule is CC(CNc1ccccc1C(C)C)C(=O)O. The summed E-state index contributed by atoms with van der Waals surface area (Å²) in [6.07, 6.45) is 0. The van der Waals surface area contributed by atoms with Gasteiger partial charge in [0, 0.05) is 12.2 Å². The van der Waals surface area contributed by atoms with Gasteiger partial charge < -0.3 is 10.4 Å². The standard InChI is InChI=1S/C13H19NO2/c1-9(2)11-6-4-5-7-12(11)14-8-10(3)13(15)16/h4-7,9-10,14H,8H2,1-3H3,(H,15,16). The van der Waals surface area contributed by atoms with Crippen LogP contribution in [0.25, 0.3) is 0 Å². The topological polar surface area (TPSA) is 49.3 Å². The van der Waals surface area contributed by atoms with Crippen molar-refractivity contribution in [3.8, 4) is 0 Å². The zero-order valence-electron chi connectivity index (χ0n) is 10.0. The lowest BCUT2D eigenvalue weighted by molar-refractivity contribution is -0.140. The molecule has 88 valence electrons. The molecule has 1 atom stereocenters. The van der Waals surface area contributed by atoms with E-state index in [1.54, 1.807) is 6.92 Å². The van der Waals surface area contributed by atoms with Crippen LogP contribution in [0, 0.1) is 5.92 Å². The van der Waals surface area contributed by atoms with E-state index in [0.717, 1.165) is 5.69 Å². The molecule has 0 saturated carbocycles. The van der Waals surface area contributed by atoms with Crippen LogP contribution in [0.15, 0.2) is 24.3 Å². The average Bonchev–Trinajstić information content (AvgIpc) is 2.25. The second kappa shape index (κ2) is 5.54. The van der Waals surface area contributed by atoms with Crippen molar-refractivity contribution in [2.75, 3.05) is 11.9 Å². The maximum atomic E-state index is 10.7. The molecular formula is C13H19NO2. The number of carboxylic acid groups (broad SMARTS) is 1. The predicted octanol–water partition coefficient (Wildman–Crippen LogP) is 2.94. The smallest absolute Gasteiger partial charge is 0.308 e. The molecule has 0 spiro atoms. The molecule has 0 bridgehead atoms. The van der Waals surface area contributed by atoms with Gasteiger partial charge in [0.1, 0.15) is 0 Å². The number of benzene rings is 1. The van der Waals surface area contributed by atoms with E-state index in [-0.39, 0.29) is 5.92 Å². The zero-order chi connectivity index (χ0) is 12.1. The van der Waals surface area contributed by atoms with Crippen molar-refractivity contribution >= 4 is 11.7 Å². The minimum atomic E-state index is -0.769. The summed E-state index contributed by atoms with van der Waals surface area (Å²) >= 11 is 0. The molecule has 0 aromatic heterocycles. The van der Waals surface area contributed by atoms with E-state index < -0.39 is 5.97 Å². The molecule has 0 aliphatic rings. The molecule has 1 rings (SSSR count). The summed E-state index contributed by atoms with van der Waals surface area (Å²) in [6, 6.07) is 8.02. The van der Waals surface area contributed by atoms with Crippen molar-refractivity contribution in [1.82, 2.24) is 0 Å². The van der Waals surface area contributed by atoms with E-state index in [2.05, 4.69) is 25.2 Å². The molecule has 0 radical (unpaired) electrons. The van der Waals surface area contributed by atoms with Crippen molar-refractivity contribution in [1.29, 1.82) is 0 Å². The van der Waals surface area contributed by atoms with E-state index in [4.69, 9.17) is 5.11 Å². The number of rotatable bonds is 5. The lowest BCUT2D eigenvalue weighted by Gasteiger charge is -2.15. The average molecular weight is 221 g/mol. The Morgan fingerprint density at radius 3 is 2.50 bits per heavy atom. The van der Waals surface area contributed by atoms with Crippen LogP contribution in [-0.4, -0.2) is 17.6 Å². The van der Waals surface area contributed by atoms with E-state index in [0.29, 0.717) is 12.5 Å². The summed E-state index contributed by atoms with van der Waals surface area (Å²) in [5, 5.41) is 12.0. The Bertz CT molecular complexity index is 361. The van der Waals surface area contributed by atoms with Crippen LogP contribution in [0.1, 0.15) is 32.3 Å². The van der Waals surface area contributed by atoms with Crippen LogP contribution >= 0.6 is 0 Å². The highest BCUT2D eigenvalue weighted by atomic mass is 16.4. The number of aliphatic carboxylic acids is 1. The quantitative estimate of drug-likeness (QED) is 0.803. The number of anilines is 1. The van der Waals surface area contributed by atoms with Gasteiger partial charge in [-0.2, -0.15) is 0 Å². The van der Waals surface area contributed by atoms with Gasteiger partial charge >= 0.3 is 5.97 Å². The van der Waals surface area contributed by atoms with E-state index >= 15 is 0 Å². The summed E-state index contributed by atoms with van der Waals surface area (Å²) in [4.78, 5) is 10.7. The summed E-state index contributed by atoms with van der Waals surface area (Å²) in [7, 11) is 0. The van der Waals surface area contributed by atoms with Gasteiger partial charge in [0.05, 0.1) is 5.92 Å². The van der Waals surface area contributed by atoms with Crippen LogP contribution in [0.3, 0.4) is 0 Å². The number of nitrogens with one attached hydrogen (secondary N) is 1. The zero-order valence-corrected chi connectivity index (χ0v) is 10.0. The molecule has 0 aliphatic heterocycles. The Balaban J connectivity index is 2.70. The van der Waals surface area contributed by atoms with Crippen molar-refractivity contribution in [3.63, 3.8) is 0 Å². The van der Waals surface area contributed by atoms with Gasteiger partial charge in [0.2, 0.25) is 0 Å². The Morgan fingerprint density at radius 2 is 1.94 bits per heavy atom. The highest BCUT2D eigenvalue weighted by molar-refractivity contribution is 5.70. The molecular weight excluding hydrogens is 202 g/mol. The fourth-order valence-electron chi connectivity index (χ4n) is 1.51. The number of para-hydroxylation sites is 1. The molecule has 1 unspecified atom stereocenters. The minimum absolute atomic E-state index is 0.375. The fourth-order valence-corrected chi connectivity index (χ4v) is 1.51. The molecule has 0 saturated heterocycles. The maximum absolute atomic E-state index is 10.7. The third-order valence-electron chi connectivity index (χ3n) is 2.60. The normalized spacial score (nSPS) is 12.5. The third kappa shape index (κ3) is 3.26. The molecule has 3 heteroatoms. The number of carbonyl (C=O) groups is 1. The minimum Gasteiger partial charge on any atom is -0.481 e. The van der Waals surface area contributed by atoms with E-state index in [9.17, 15) is 4.79 Å². The van der Waals surface area contributed by atoms with Crippen LogP contribution in [-0.2, 0) is 4.79 Å². The van der Waals surface area contributed by atoms with Crippen LogP contribution in [0.5, 0.6) is 0 Å². The molecule has 1 aromatic carbocycles. The van der Waals surface area contributed by atoms with E-state index in [1.165, 1.54) is 5.56 Å². The molecule has 0 amide bonds. The number of hydrogen-bond donors (Lipinski definition) is 2. The van der Waals surface area contributed by atoms with Gasteiger partial charge in [-0.1, -0.05) is 39.0 Å². The first kappa shape index (κ1) is 12.6. The summed E-state index contributed by atoms with van der Waals surface area (Å²) in [5.41, 5.74) is 2.26. The first-order valence-corrected chi connectivity index (χ1v) is 5.58. The second-order valence-corrected chi connectivity index (χ2v) is 4.36. The summed E-state index contributed by atoms with van der Waals surface area (Å²) in [6.45, 7) is 6.41. The van der Waals surface area contributed by atoms with Crippen molar-refractivity contribution in [3.05, 3.63) is 29.8 Å². The van der Waals surface area contributed by atoms with Gasteiger partial charge in [0.25, 0.3) is 0 Å². The number of hydrogen-bond acceptors (Lipinski definition) is 2. The Morgan fingerprint density at radius 1 is 1.31 bits per heavy atom. The third-order valence-corrected chi connectivity index (χ3v) is 2.60. The molecule has 0 aliphatic carbocycles. The molecule has 0 fully saturated rings. The first-order valence-electron chi connectivity index (χ1n) is 5.58. The van der Waals surface area contributed by atoms with Crippen molar-refractivity contribution in [2.45, 2.75) is 26.7 Å². The van der Waals surface area contributed by atoms with Crippen molar-refractivity contribution in [2.24, 2.45) is 5.92 Å². The molecule has 3 nitrogen and oxygen atoms in total. The predicted molar refractivity (Wildman–Crippen MR) is 65.8 cm³/mol. The maximum Gasteiger partial charge on any atom is 0.308 e. The summed E-state index contributed by atoms with van der Waals surface area (Å²) < 4.78 is 0. The lowest BCUT2D eigenvalue weighted by atomic mass is 10.0. The lowest BCUT2D eigenvalue weighted by Crippen LogP contribution is -2.20. The Labute approximate surface area is 96.5 Å². The Kier molecular flexibility index (Phi) is 4.35. The highest BCUT2D eigenvalue weighted by Gasteiger charge is 2.11. The van der Waals surface area contributed by atoms with Gasteiger partial charge in [-0.05, 0) is 17.5 Å². The number of carboxylic acids is 1. The fraction of sp³-hybridized carbons (Fsp3) is 0.462. The second-order valence-electron chi connectivity index (χ2n) is 4.36. The van der Waals surface area contributed by atoms with Gasteiger partial charge in [-0.25, -0.2) is 0 Å². The molecule has 2 N–H and O–H groups in total. The van der Waals surface area contributed by atoms with Crippen molar-refractivity contribution < 1.29 is 9.90 Å². The Hall–Kier alpha value is -1.51. The van der Waals surface area contributed by atoms with Gasteiger partial charge in [-0.15, -0.1) is 0 Å². The highest BCUT2D eigenvalue weighted by Crippen LogP contribution is 2.23. The van der Waals surface area contributed by atoms with Crippen LogP contribution < -0.4 is 5.32 Å². The van der Waals surface area contributed by atoms with Gasteiger partial charge in [-0.3, -0.25) is 4.79 Å². The molecule has 0 heterocycles. The monoisotopic (exact) mass is 221 g/mol. The van der Waals surface area contributed by atoms with E-state index in [1.807, 2.05) is 18.2 Å². The summed E-state index contributed by atoms with van der Waals surface area (Å²) in [5.74, 6) is -0.710. The first-order chi connectivity index (χ1) is 7.52. The van der Waals surface area contributed by atoms with Crippen LogP contribution in [0.4, 0.5) is 5.69 Å².